The molecule has 0 aliphatic carbocycles. The number of halogens is 3. The van der Waals surface area contributed by atoms with E-state index < -0.39 is 19.0 Å². The average Bonchev–Trinajstić information content (AvgIpc) is 2.06. The minimum Gasteiger partial charge on any atom is -0.448 e. The third-order valence-corrected chi connectivity index (χ3v) is 2.18. The predicted molar refractivity (Wildman–Crippen MR) is 50.2 cm³/mol. The van der Waals surface area contributed by atoms with Gasteiger partial charge in [0.25, 0.3) is 0 Å². The van der Waals surface area contributed by atoms with Crippen LogP contribution in [0.1, 0.15) is 20.3 Å². The van der Waals surface area contributed by atoms with E-state index in [2.05, 4.69) is 0 Å². The maximum Gasteiger partial charge on any atom is 1.00 e. The van der Waals surface area contributed by atoms with Gasteiger partial charge in [0.1, 0.15) is 0 Å². The number of ether oxygens (including phenoxy) is 1. The van der Waals surface area contributed by atoms with Crippen molar-refractivity contribution in [2.75, 3.05) is 26.1 Å². The largest absolute Gasteiger partial charge is 1.00 e. The molecule has 1 aliphatic rings. The Morgan fingerprint density at radius 3 is 2.47 bits per heavy atom. The molecule has 0 unspecified atom stereocenters. The predicted octanol–water partition coefficient (Wildman–Crippen LogP) is -1.12. The zero-order valence-electron chi connectivity index (χ0n) is 9.60. The van der Waals surface area contributed by atoms with Gasteiger partial charge in [-0.1, -0.05) is 0 Å². The van der Waals surface area contributed by atoms with Gasteiger partial charge in [-0.25, -0.2) is 0 Å². The fourth-order valence-electron chi connectivity index (χ4n) is 1.75. The summed E-state index contributed by atoms with van der Waals surface area (Å²) in [4.78, 5) is 1.44. The summed E-state index contributed by atoms with van der Waals surface area (Å²) < 4.78 is 42.0. The second-order valence-corrected chi connectivity index (χ2v) is 4.41. The molecule has 0 aromatic rings. The minimum atomic E-state index is -4.72. The first-order chi connectivity index (χ1) is 6.29. The van der Waals surface area contributed by atoms with E-state index in [1.807, 2.05) is 13.8 Å². The molecule has 0 N–H and O–H groups in total. The summed E-state index contributed by atoms with van der Waals surface area (Å²) in [5.41, 5.74) is -0.460. The molecule has 1 saturated heterocycles. The third kappa shape index (κ3) is 7.36. The summed E-state index contributed by atoms with van der Waals surface area (Å²) in [6.07, 6.45) is -0.0949. The van der Waals surface area contributed by atoms with E-state index in [-0.39, 0.29) is 51.4 Å². The molecule has 7 heteroatoms. The van der Waals surface area contributed by atoms with Gasteiger partial charge in [-0.15, -0.1) is 0 Å². The van der Waals surface area contributed by atoms with Gasteiger partial charge in [0.2, 0.25) is 0 Å². The molecule has 0 amide bonds. The van der Waals surface area contributed by atoms with Crippen LogP contribution >= 0.6 is 0 Å². The first kappa shape index (κ1) is 16.4. The van der Waals surface area contributed by atoms with E-state index >= 15 is 0 Å². The molecule has 0 radical (unpaired) electrons. The van der Waals surface area contributed by atoms with Crippen molar-refractivity contribution < 1.29 is 69.1 Å². The molecule has 0 bridgehead atoms. The number of hydrogen-bond donors (Lipinski definition) is 0. The van der Waals surface area contributed by atoms with Crippen LogP contribution in [-0.4, -0.2) is 43.6 Å². The van der Waals surface area contributed by atoms with Crippen LogP contribution < -0.4 is 51.4 Å². The summed E-state index contributed by atoms with van der Waals surface area (Å²) >= 11 is 0. The van der Waals surface area contributed by atoms with Crippen LogP contribution in [0.4, 0.5) is 12.9 Å². The monoisotopic (exact) mass is 249 g/mol. The molecule has 1 aliphatic heterocycles. The summed E-state index contributed by atoms with van der Waals surface area (Å²) in [6.45, 7) is 0.321. The Bertz CT molecular complexity index is 201. The van der Waals surface area contributed by atoms with E-state index in [1.54, 1.807) is 0 Å². The van der Waals surface area contributed by atoms with E-state index in [9.17, 15) is 12.9 Å². The quantitative estimate of drug-likeness (QED) is 0.575. The van der Waals surface area contributed by atoms with Crippen LogP contribution in [0.5, 0.6) is 0 Å². The molecule has 0 atom stereocenters. The fraction of sp³-hybridized carbons (Fsp3) is 1.00. The van der Waals surface area contributed by atoms with Gasteiger partial charge in [0.05, 0.1) is 5.60 Å². The summed E-state index contributed by atoms with van der Waals surface area (Å²) in [5.74, 6) is 0. The van der Waals surface area contributed by atoms with Crippen molar-refractivity contribution in [3.8, 4) is 0 Å². The van der Waals surface area contributed by atoms with E-state index in [0.717, 1.165) is 0 Å². The summed E-state index contributed by atoms with van der Waals surface area (Å²) in [7, 11) is 0. The van der Waals surface area contributed by atoms with Crippen LogP contribution in [0.15, 0.2) is 0 Å². The number of rotatable bonds is 2. The van der Waals surface area contributed by atoms with Crippen molar-refractivity contribution in [2.24, 2.45) is 0 Å². The third-order valence-electron chi connectivity index (χ3n) is 2.18. The Kier molecular flexibility index (Phi) is 6.97. The molecule has 0 aromatic heterocycles. The van der Waals surface area contributed by atoms with E-state index in [4.69, 9.17) is 4.74 Å². The minimum absolute atomic E-state index is 0. The molecule has 0 aromatic carbocycles. The van der Waals surface area contributed by atoms with Crippen LogP contribution in [0.3, 0.4) is 0 Å². The van der Waals surface area contributed by atoms with Gasteiger partial charge in [0, 0.05) is 13.2 Å². The Hall–Kier alpha value is 1.41. The van der Waals surface area contributed by atoms with Gasteiger partial charge < -0.3 is 22.6 Å². The van der Waals surface area contributed by atoms with Crippen LogP contribution in [0.25, 0.3) is 0 Å². The standard InChI is InChI=1S/C8H16BF3NO.K/c1-8(2)6-13(4-3-5-14-8)7-9(10,11)12;/h3-7H2,1-2H3;/q-1;+1. The van der Waals surface area contributed by atoms with Gasteiger partial charge in [-0.05, 0) is 33.3 Å². The van der Waals surface area contributed by atoms with Crippen molar-refractivity contribution in [2.45, 2.75) is 25.9 Å². The van der Waals surface area contributed by atoms with Crippen LogP contribution in [-0.2, 0) is 4.74 Å². The maximum absolute atomic E-state index is 12.2. The summed E-state index contributed by atoms with van der Waals surface area (Å²) in [5, 5.41) is 0. The van der Waals surface area contributed by atoms with Crippen molar-refractivity contribution in [1.29, 1.82) is 0 Å². The van der Waals surface area contributed by atoms with Crippen LogP contribution in [0, 0.1) is 0 Å². The molecule has 1 rings (SSSR count). The van der Waals surface area contributed by atoms with Gasteiger partial charge in [-0.2, -0.15) is 0 Å². The summed E-state index contributed by atoms with van der Waals surface area (Å²) in [6, 6.07) is 0. The topological polar surface area (TPSA) is 12.5 Å². The second-order valence-electron chi connectivity index (χ2n) is 4.41. The Morgan fingerprint density at radius 1 is 1.33 bits per heavy atom. The Morgan fingerprint density at radius 2 is 1.93 bits per heavy atom. The molecule has 84 valence electrons. The average molecular weight is 249 g/mol. The molecule has 2 nitrogen and oxygen atoms in total. The van der Waals surface area contributed by atoms with E-state index in [0.29, 0.717) is 26.1 Å². The number of hydrogen-bond acceptors (Lipinski definition) is 2. The first-order valence-corrected chi connectivity index (χ1v) is 4.86. The van der Waals surface area contributed by atoms with Gasteiger partial charge in [0.15, 0.2) is 0 Å². The second kappa shape index (κ2) is 6.37. The maximum atomic E-state index is 12.2. The van der Waals surface area contributed by atoms with E-state index in [1.165, 1.54) is 4.90 Å². The zero-order chi connectivity index (χ0) is 10.8. The molecular formula is C8H16BF3KNO. The first-order valence-electron chi connectivity index (χ1n) is 4.86. The smallest absolute Gasteiger partial charge is 0.448 e. The Balaban J connectivity index is 0.00000196. The molecule has 0 saturated carbocycles. The normalized spacial score (nSPS) is 23.0. The van der Waals surface area contributed by atoms with Crippen molar-refractivity contribution >= 4 is 6.98 Å². The van der Waals surface area contributed by atoms with Crippen molar-refractivity contribution in [3.05, 3.63) is 0 Å². The molecule has 0 spiro atoms. The molecular weight excluding hydrogens is 233 g/mol. The molecule has 15 heavy (non-hydrogen) atoms. The molecule has 1 fully saturated rings. The van der Waals surface area contributed by atoms with Crippen molar-refractivity contribution in [1.82, 2.24) is 4.90 Å². The van der Waals surface area contributed by atoms with Gasteiger partial charge >= 0.3 is 58.4 Å². The SMILES string of the molecule is CC1(C)CN(C[B-](F)(F)F)CCCO1.[K+]. The fourth-order valence-corrected chi connectivity index (χ4v) is 1.75. The zero-order valence-corrected chi connectivity index (χ0v) is 12.7. The van der Waals surface area contributed by atoms with Gasteiger partial charge in [-0.3, -0.25) is 0 Å². The molecule has 1 heterocycles. The number of nitrogens with zero attached hydrogens (tertiary/aromatic N) is 1. The Labute approximate surface area is 131 Å². The van der Waals surface area contributed by atoms with Crippen LogP contribution in [0.2, 0.25) is 0 Å². The van der Waals surface area contributed by atoms with Crippen molar-refractivity contribution in [3.63, 3.8) is 0 Å².